The van der Waals surface area contributed by atoms with Crippen molar-refractivity contribution in [2.75, 3.05) is 28.8 Å². The summed E-state index contributed by atoms with van der Waals surface area (Å²) < 4.78 is 23.4. The Morgan fingerprint density at radius 2 is 2.00 bits per heavy atom. The first-order valence-electron chi connectivity index (χ1n) is 8.48. The number of nitrogens with zero attached hydrogens (tertiary/aromatic N) is 3. The first kappa shape index (κ1) is 17.7. The lowest BCUT2D eigenvalue weighted by Crippen LogP contribution is -2.33. The number of aromatic nitrogens is 2. The number of hydrogen-bond acceptors (Lipinski definition) is 6. The molecule has 2 aromatic rings. The molecule has 0 radical (unpaired) electrons. The number of benzene rings is 1. The van der Waals surface area contributed by atoms with E-state index in [1.54, 1.807) is 6.20 Å². The van der Waals surface area contributed by atoms with Gasteiger partial charge in [-0.15, -0.1) is 0 Å². The maximum absolute atomic E-state index is 11.7. The van der Waals surface area contributed by atoms with Gasteiger partial charge in [0, 0.05) is 25.0 Å². The summed E-state index contributed by atoms with van der Waals surface area (Å²) in [6.07, 6.45) is 2.32. The fraction of sp³-hybridized carbons (Fsp3) is 0.444. The Morgan fingerprint density at radius 1 is 1.24 bits per heavy atom. The largest absolute Gasteiger partial charge is 0.340 e. The van der Waals surface area contributed by atoms with Gasteiger partial charge in [0.05, 0.1) is 11.5 Å². The molecule has 0 spiro atoms. The van der Waals surface area contributed by atoms with Crippen LogP contribution in [0.15, 0.2) is 36.5 Å². The molecule has 1 aliphatic rings. The Bertz CT molecular complexity index is 852. The third kappa shape index (κ3) is 4.10. The second kappa shape index (κ2) is 7.00. The Hall–Kier alpha value is -2.15. The van der Waals surface area contributed by atoms with E-state index < -0.39 is 9.84 Å². The van der Waals surface area contributed by atoms with Crippen LogP contribution >= 0.6 is 0 Å². The van der Waals surface area contributed by atoms with Gasteiger partial charge in [0.2, 0.25) is 5.95 Å². The van der Waals surface area contributed by atoms with Crippen molar-refractivity contribution >= 4 is 27.3 Å². The van der Waals surface area contributed by atoms with Gasteiger partial charge < -0.3 is 10.2 Å². The summed E-state index contributed by atoms with van der Waals surface area (Å²) in [7, 11) is -1.08. The van der Waals surface area contributed by atoms with Gasteiger partial charge >= 0.3 is 0 Å². The van der Waals surface area contributed by atoms with Crippen LogP contribution < -0.4 is 10.2 Å². The van der Waals surface area contributed by atoms with Crippen LogP contribution in [0.3, 0.4) is 0 Å². The second-order valence-corrected chi connectivity index (χ2v) is 9.01. The molecule has 1 atom stereocenters. The minimum atomic E-state index is -2.94. The highest BCUT2D eigenvalue weighted by Crippen LogP contribution is 2.27. The van der Waals surface area contributed by atoms with Gasteiger partial charge in [-0.1, -0.05) is 32.0 Å². The minimum Gasteiger partial charge on any atom is -0.340 e. The molecule has 0 bridgehead atoms. The Kier molecular flexibility index (Phi) is 4.94. The van der Waals surface area contributed by atoms with Crippen LogP contribution in [-0.4, -0.2) is 43.0 Å². The third-order valence-corrected chi connectivity index (χ3v) is 6.31. The molecule has 1 aliphatic heterocycles. The molecule has 2 heterocycles. The van der Waals surface area contributed by atoms with E-state index in [1.807, 2.05) is 36.2 Å². The van der Waals surface area contributed by atoms with Crippen LogP contribution in [0, 0.1) is 0 Å². The molecule has 6 nitrogen and oxygen atoms in total. The Labute approximate surface area is 149 Å². The van der Waals surface area contributed by atoms with Gasteiger partial charge in [0.1, 0.15) is 5.82 Å². The van der Waals surface area contributed by atoms with Gasteiger partial charge in [0.25, 0.3) is 0 Å². The second-order valence-electron chi connectivity index (χ2n) is 6.78. The quantitative estimate of drug-likeness (QED) is 0.883. The fourth-order valence-electron chi connectivity index (χ4n) is 3.08. The summed E-state index contributed by atoms with van der Waals surface area (Å²) in [5.41, 5.74) is 2.24. The van der Waals surface area contributed by atoms with Crippen molar-refractivity contribution in [3.8, 4) is 0 Å². The molecule has 25 heavy (non-hydrogen) atoms. The lowest BCUT2D eigenvalue weighted by Gasteiger charge is -2.23. The number of nitrogens with one attached hydrogen (secondary N) is 1. The van der Waals surface area contributed by atoms with E-state index in [0.29, 0.717) is 24.1 Å². The van der Waals surface area contributed by atoms with Gasteiger partial charge in [-0.05, 0) is 30.0 Å². The Morgan fingerprint density at radius 3 is 2.68 bits per heavy atom. The summed E-state index contributed by atoms with van der Waals surface area (Å²) >= 11 is 0. The highest BCUT2D eigenvalue weighted by atomic mass is 32.2. The molecule has 7 heteroatoms. The van der Waals surface area contributed by atoms with Crippen LogP contribution in [0.5, 0.6) is 0 Å². The zero-order chi connectivity index (χ0) is 18.0. The van der Waals surface area contributed by atoms with Crippen LogP contribution in [-0.2, 0) is 9.84 Å². The molecule has 1 aromatic carbocycles. The van der Waals surface area contributed by atoms with Crippen molar-refractivity contribution in [1.29, 1.82) is 0 Å². The lowest BCUT2D eigenvalue weighted by atomic mass is 10.0. The highest BCUT2D eigenvalue weighted by Gasteiger charge is 2.31. The molecule has 1 unspecified atom stereocenters. The fourth-order valence-corrected chi connectivity index (χ4v) is 4.86. The van der Waals surface area contributed by atoms with E-state index in [4.69, 9.17) is 0 Å². The molecule has 1 saturated heterocycles. The summed E-state index contributed by atoms with van der Waals surface area (Å²) in [5.74, 6) is 2.04. The van der Waals surface area contributed by atoms with Crippen molar-refractivity contribution in [1.82, 2.24) is 9.97 Å². The van der Waals surface area contributed by atoms with Crippen LogP contribution in [0.25, 0.3) is 0 Å². The number of sulfone groups is 1. The van der Waals surface area contributed by atoms with Crippen molar-refractivity contribution in [3.05, 3.63) is 42.1 Å². The predicted octanol–water partition coefficient (Wildman–Crippen LogP) is 2.97. The van der Waals surface area contributed by atoms with Crippen molar-refractivity contribution in [2.45, 2.75) is 32.2 Å². The van der Waals surface area contributed by atoms with E-state index in [0.717, 1.165) is 5.69 Å². The first-order valence-corrected chi connectivity index (χ1v) is 10.3. The zero-order valence-corrected chi connectivity index (χ0v) is 15.6. The first-order chi connectivity index (χ1) is 11.9. The average Bonchev–Trinajstić information content (AvgIpc) is 2.95. The van der Waals surface area contributed by atoms with E-state index in [1.165, 1.54) is 5.56 Å². The highest BCUT2D eigenvalue weighted by molar-refractivity contribution is 7.91. The van der Waals surface area contributed by atoms with Crippen molar-refractivity contribution in [3.63, 3.8) is 0 Å². The van der Waals surface area contributed by atoms with Crippen LogP contribution in [0.2, 0.25) is 0 Å². The molecule has 1 N–H and O–H groups in total. The monoisotopic (exact) mass is 360 g/mol. The van der Waals surface area contributed by atoms with Gasteiger partial charge in [0.15, 0.2) is 9.84 Å². The summed E-state index contributed by atoms with van der Waals surface area (Å²) in [4.78, 5) is 10.7. The minimum absolute atomic E-state index is 0.0665. The Balaban J connectivity index is 1.81. The SMILES string of the molecule is CC(C)c1ccccc1Nc1ccnc(N(C)C2CCS(=O)(=O)C2)n1. The molecule has 1 aromatic heterocycles. The van der Waals surface area contributed by atoms with Gasteiger partial charge in [-0.25, -0.2) is 13.4 Å². The van der Waals surface area contributed by atoms with E-state index in [9.17, 15) is 8.42 Å². The number of hydrogen-bond donors (Lipinski definition) is 1. The average molecular weight is 360 g/mol. The van der Waals surface area contributed by atoms with E-state index >= 15 is 0 Å². The molecule has 0 aliphatic carbocycles. The molecule has 0 amide bonds. The number of rotatable bonds is 5. The molecule has 3 rings (SSSR count). The zero-order valence-electron chi connectivity index (χ0n) is 14.8. The van der Waals surface area contributed by atoms with E-state index in [-0.39, 0.29) is 17.5 Å². The maximum Gasteiger partial charge on any atom is 0.227 e. The molecule has 134 valence electrons. The predicted molar refractivity (Wildman–Crippen MR) is 101 cm³/mol. The normalized spacial score (nSPS) is 19.1. The molecule has 0 saturated carbocycles. The third-order valence-electron chi connectivity index (χ3n) is 4.56. The summed E-state index contributed by atoms with van der Waals surface area (Å²) in [6.45, 7) is 4.31. The number of anilines is 3. The topological polar surface area (TPSA) is 75.2 Å². The maximum atomic E-state index is 11.7. The molecular weight excluding hydrogens is 336 g/mol. The lowest BCUT2D eigenvalue weighted by molar-refractivity contribution is 0.600. The molecular formula is C18H24N4O2S. The van der Waals surface area contributed by atoms with Crippen molar-refractivity contribution in [2.24, 2.45) is 0 Å². The smallest absolute Gasteiger partial charge is 0.227 e. The van der Waals surface area contributed by atoms with Gasteiger partial charge in [-0.2, -0.15) is 4.98 Å². The van der Waals surface area contributed by atoms with Gasteiger partial charge in [-0.3, -0.25) is 0 Å². The van der Waals surface area contributed by atoms with E-state index in [2.05, 4.69) is 35.2 Å². The van der Waals surface area contributed by atoms with Crippen molar-refractivity contribution < 1.29 is 8.42 Å². The summed E-state index contributed by atoms with van der Waals surface area (Å²) in [5, 5.41) is 3.36. The molecule has 1 fully saturated rings. The standard InChI is InChI=1S/C18H24N4O2S/c1-13(2)15-6-4-5-7-16(15)20-17-8-10-19-18(21-17)22(3)14-9-11-25(23,24)12-14/h4-8,10,13-14H,9,11-12H2,1-3H3,(H,19,20,21). The number of para-hydroxylation sites is 1. The van der Waals surface area contributed by atoms with Crippen LogP contribution in [0.4, 0.5) is 17.5 Å². The summed E-state index contributed by atoms with van der Waals surface area (Å²) in [6, 6.07) is 9.91. The van der Waals surface area contributed by atoms with Crippen LogP contribution in [0.1, 0.15) is 31.7 Å².